The molecule has 0 bridgehead atoms. The number of nitrogens with zero attached hydrogens (tertiary/aromatic N) is 2. The summed E-state index contributed by atoms with van der Waals surface area (Å²) in [7, 11) is -2.66. The molecule has 0 saturated heterocycles. The van der Waals surface area contributed by atoms with Crippen LogP contribution in [0, 0.1) is 18.6 Å². The Morgan fingerprint density at radius 1 is 1.20 bits per heavy atom. The SMILES string of the molecule is COC(C)(C)CNCc1sc(C(C)N(c2cc(F)ccc2F)S(=O)(=O)c2ccc(Cl)cc2)nc1C. The van der Waals surface area contributed by atoms with Gasteiger partial charge in [0.25, 0.3) is 10.0 Å². The van der Waals surface area contributed by atoms with Gasteiger partial charge in [-0.3, -0.25) is 4.31 Å². The number of aromatic nitrogens is 1. The highest BCUT2D eigenvalue weighted by molar-refractivity contribution is 7.92. The maximum Gasteiger partial charge on any atom is 0.265 e. The lowest BCUT2D eigenvalue weighted by Gasteiger charge is -2.29. The number of rotatable bonds is 10. The van der Waals surface area contributed by atoms with E-state index >= 15 is 0 Å². The molecule has 0 fully saturated rings. The van der Waals surface area contributed by atoms with E-state index in [4.69, 9.17) is 16.3 Å². The zero-order valence-electron chi connectivity index (χ0n) is 20.1. The maximum atomic E-state index is 14.9. The third-order valence-electron chi connectivity index (χ3n) is 5.52. The first-order valence-corrected chi connectivity index (χ1v) is 13.5. The van der Waals surface area contributed by atoms with Crippen LogP contribution in [0.4, 0.5) is 14.5 Å². The van der Waals surface area contributed by atoms with Crippen LogP contribution in [0.2, 0.25) is 5.02 Å². The van der Waals surface area contributed by atoms with Crippen molar-refractivity contribution in [3.63, 3.8) is 0 Å². The first kappa shape index (κ1) is 27.5. The lowest BCUT2D eigenvalue weighted by molar-refractivity contribution is 0.0231. The molecule has 0 aliphatic heterocycles. The van der Waals surface area contributed by atoms with E-state index < -0.39 is 33.4 Å². The number of hydrogen-bond acceptors (Lipinski definition) is 6. The fourth-order valence-electron chi connectivity index (χ4n) is 3.36. The van der Waals surface area contributed by atoms with Crippen molar-refractivity contribution in [3.05, 3.63) is 74.7 Å². The van der Waals surface area contributed by atoms with Crippen molar-refractivity contribution in [1.82, 2.24) is 10.3 Å². The van der Waals surface area contributed by atoms with Gasteiger partial charge in [0, 0.05) is 36.2 Å². The number of thiazole rings is 1. The summed E-state index contributed by atoms with van der Waals surface area (Å²) < 4.78 is 62.6. The molecule has 0 spiro atoms. The number of aryl methyl sites for hydroxylation is 1. The van der Waals surface area contributed by atoms with Crippen LogP contribution in [0.25, 0.3) is 0 Å². The van der Waals surface area contributed by atoms with Crippen molar-refractivity contribution in [1.29, 1.82) is 0 Å². The van der Waals surface area contributed by atoms with Crippen molar-refractivity contribution in [2.45, 2.75) is 50.8 Å². The fourth-order valence-corrected chi connectivity index (χ4v) is 6.26. The van der Waals surface area contributed by atoms with E-state index in [1.54, 1.807) is 14.0 Å². The molecule has 3 aromatic rings. The summed E-state index contributed by atoms with van der Waals surface area (Å²) in [5.41, 5.74) is -0.0301. The van der Waals surface area contributed by atoms with E-state index in [9.17, 15) is 17.2 Å². The zero-order valence-corrected chi connectivity index (χ0v) is 22.5. The molecule has 35 heavy (non-hydrogen) atoms. The highest BCUT2D eigenvalue weighted by Gasteiger charge is 2.34. The fraction of sp³-hybridized carbons (Fsp3) is 0.375. The number of halogens is 3. The van der Waals surface area contributed by atoms with E-state index in [2.05, 4.69) is 10.3 Å². The zero-order chi connectivity index (χ0) is 26.0. The normalized spacial score (nSPS) is 13.1. The van der Waals surface area contributed by atoms with Crippen LogP contribution in [-0.2, 0) is 21.3 Å². The van der Waals surface area contributed by atoms with E-state index in [1.807, 2.05) is 20.8 Å². The molecule has 1 heterocycles. The molecule has 1 atom stereocenters. The average molecular weight is 544 g/mol. The van der Waals surface area contributed by atoms with E-state index in [0.29, 0.717) is 23.1 Å². The first-order chi connectivity index (χ1) is 16.4. The largest absolute Gasteiger partial charge is 0.377 e. The van der Waals surface area contributed by atoms with Gasteiger partial charge >= 0.3 is 0 Å². The van der Waals surface area contributed by atoms with Crippen LogP contribution in [0.5, 0.6) is 0 Å². The van der Waals surface area contributed by atoms with Gasteiger partial charge in [0.1, 0.15) is 16.6 Å². The molecule has 0 aliphatic rings. The quantitative estimate of drug-likeness (QED) is 0.347. The predicted octanol–water partition coefficient (Wildman–Crippen LogP) is 5.85. The van der Waals surface area contributed by atoms with Gasteiger partial charge in [-0.05, 0) is 64.1 Å². The third-order valence-corrected chi connectivity index (χ3v) is 9.00. The highest BCUT2D eigenvalue weighted by atomic mass is 35.5. The molecule has 2 aromatic carbocycles. The Morgan fingerprint density at radius 2 is 1.86 bits per heavy atom. The molecule has 1 aromatic heterocycles. The minimum atomic E-state index is -4.30. The number of nitrogens with one attached hydrogen (secondary N) is 1. The molecule has 0 amide bonds. The van der Waals surface area contributed by atoms with Crippen molar-refractivity contribution < 1.29 is 21.9 Å². The Labute approximate surface area is 214 Å². The van der Waals surface area contributed by atoms with Crippen molar-refractivity contribution >= 4 is 38.6 Å². The third kappa shape index (κ3) is 6.37. The van der Waals surface area contributed by atoms with Gasteiger partial charge in [-0.2, -0.15) is 0 Å². The van der Waals surface area contributed by atoms with Crippen molar-refractivity contribution in [2.75, 3.05) is 18.0 Å². The highest BCUT2D eigenvalue weighted by Crippen LogP contribution is 2.37. The molecule has 3 rings (SSSR count). The lowest BCUT2D eigenvalue weighted by atomic mass is 10.1. The van der Waals surface area contributed by atoms with Gasteiger partial charge in [0.05, 0.1) is 27.9 Å². The summed E-state index contributed by atoms with van der Waals surface area (Å²) in [6, 6.07) is 7.31. The summed E-state index contributed by atoms with van der Waals surface area (Å²) in [5, 5.41) is 4.12. The Morgan fingerprint density at radius 3 is 2.49 bits per heavy atom. The molecular weight excluding hydrogens is 516 g/mol. The second-order valence-electron chi connectivity index (χ2n) is 8.65. The van der Waals surface area contributed by atoms with E-state index in [0.717, 1.165) is 33.1 Å². The molecular formula is C24H28ClF2N3O3S2. The second-order valence-corrected chi connectivity index (χ2v) is 12.0. The number of ether oxygens (including phenoxy) is 1. The second kappa shape index (κ2) is 10.9. The Balaban J connectivity index is 2.01. The van der Waals surface area contributed by atoms with Crippen molar-refractivity contribution in [3.8, 4) is 0 Å². The Kier molecular flexibility index (Phi) is 8.54. The van der Waals surface area contributed by atoms with Gasteiger partial charge in [0.2, 0.25) is 0 Å². The molecule has 0 saturated carbocycles. The van der Waals surface area contributed by atoms with Gasteiger partial charge in [-0.1, -0.05) is 11.6 Å². The topological polar surface area (TPSA) is 71.5 Å². The Hall–Kier alpha value is -2.11. The maximum absolute atomic E-state index is 14.9. The summed E-state index contributed by atoms with van der Waals surface area (Å²) >= 11 is 7.24. The molecule has 0 aliphatic carbocycles. The van der Waals surface area contributed by atoms with Gasteiger partial charge in [0.15, 0.2) is 0 Å². The number of anilines is 1. The number of hydrogen-bond donors (Lipinski definition) is 1. The monoisotopic (exact) mass is 543 g/mol. The number of benzene rings is 2. The van der Waals surface area contributed by atoms with Crippen LogP contribution < -0.4 is 9.62 Å². The van der Waals surface area contributed by atoms with Crippen LogP contribution >= 0.6 is 22.9 Å². The van der Waals surface area contributed by atoms with Crippen LogP contribution in [0.15, 0.2) is 47.4 Å². The smallest absolute Gasteiger partial charge is 0.265 e. The molecule has 0 radical (unpaired) electrons. The average Bonchev–Trinajstić information content (AvgIpc) is 3.17. The molecule has 1 unspecified atom stereocenters. The summed E-state index contributed by atoms with van der Waals surface area (Å²) in [6.07, 6.45) is 0. The van der Waals surface area contributed by atoms with Crippen LogP contribution in [0.1, 0.15) is 42.4 Å². The van der Waals surface area contributed by atoms with Gasteiger partial charge < -0.3 is 10.1 Å². The molecule has 11 heteroatoms. The standard InChI is InChI=1S/C24H28ClF2N3O3S2/c1-15-22(13-28-14-24(3,4)33-5)34-23(29-15)16(2)30(21-12-18(26)8-11-20(21)27)35(31,32)19-9-6-17(25)7-10-19/h6-12,16,28H,13-14H2,1-5H3. The minimum absolute atomic E-state index is 0.102. The van der Waals surface area contributed by atoms with Crippen molar-refractivity contribution in [2.24, 2.45) is 0 Å². The van der Waals surface area contributed by atoms with E-state index in [-0.39, 0.29) is 10.5 Å². The molecule has 190 valence electrons. The number of sulfonamides is 1. The Bertz CT molecular complexity index is 1280. The summed E-state index contributed by atoms with van der Waals surface area (Å²) in [4.78, 5) is 5.37. The van der Waals surface area contributed by atoms with Crippen LogP contribution in [-0.4, -0.2) is 32.7 Å². The van der Waals surface area contributed by atoms with Gasteiger partial charge in [-0.25, -0.2) is 22.2 Å². The number of methoxy groups -OCH3 is 1. The van der Waals surface area contributed by atoms with Crippen LogP contribution in [0.3, 0.4) is 0 Å². The molecule has 1 N–H and O–H groups in total. The predicted molar refractivity (Wildman–Crippen MR) is 136 cm³/mol. The van der Waals surface area contributed by atoms with E-state index in [1.165, 1.54) is 35.6 Å². The summed E-state index contributed by atoms with van der Waals surface area (Å²) in [6.45, 7) is 8.44. The lowest BCUT2D eigenvalue weighted by Crippen LogP contribution is -2.36. The molecule has 6 nitrogen and oxygen atoms in total. The minimum Gasteiger partial charge on any atom is -0.377 e. The summed E-state index contributed by atoms with van der Waals surface area (Å²) in [5.74, 6) is -1.63. The first-order valence-electron chi connectivity index (χ1n) is 10.8. The van der Waals surface area contributed by atoms with Gasteiger partial charge in [-0.15, -0.1) is 11.3 Å².